The minimum atomic E-state index is -1.32. The molecule has 8 heteroatoms. The number of benzene rings is 2. The Morgan fingerprint density at radius 1 is 1.17 bits per heavy atom. The number of nitrogens with zero attached hydrogens (tertiary/aromatic N) is 2. The third-order valence-electron chi connectivity index (χ3n) is 5.02. The highest BCUT2D eigenvalue weighted by atomic mass is 19.1. The Morgan fingerprint density at radius 3 is 2.43 bits per heavy atom. The summed E-state index contributed by atoms with van der Waals surface area (Å²) in [5.41, 5.74) is 0.0461. The van der Waals surface area contributed by atoms with Crippen LogP contribution < -0.4 is 10.6 Å². The molecule has 0 saturated carbocycles. The maximum absolute atomic E-state index is 13.4. The topological polar surface area (TPSA) is 102 Å². The first-order chi connectivity index (χ1) is 14.4. The maximum Gasteiger partial charge on any atom is 0.325 e. The van der Waals surface area contributed by atoms with Gasteiger partial charge < -0.3 is 10.6 Å². The first-order valence-electron chi connectivity index (χ1n) is 9.60. The van der Waals surface area contributed by atoms with Gasteiger partial charge in [-0.3, -0.25) is 14.5 Å². The summed E-state index contributed by atoms with van der Waals surface area (Å²) < 4.78 is 13.4. The molecular formula is C22H21FN4O3. The van der Waals surface area contributed by atoms with Crippen molar-refractivity contribution in [1.82, 2.24) is 10.2 Å². The molecule has 30 heavy (non-hydrogen) atoms. The Morgan fingerprint density at radius 2 is 1.83 bits per heavy atom. The third kappa shape index (κ3) is 4.15. The molecule has 1 atom stereocenters. The van der Waals surface area contributed by atoms with Crippen molar-refractivity contribution in [3.63, 3.8) is 0 Å². The fourth-order valence-corrected chi connectivity index (χ4v) is 3.43. The van der Waals surface area contributed by atoms with E-state index in [9.17, 15) is 18.8 Å². The summed E-state index contributed by atoms with van der Waals surface area (Å²) in [7, 11) is 0. The van der Waals surface area contributed by atoms with Gasteiger partial charge in [0.1, 0.15) is 17.9 Å². The Hall–Kier alpha value is -3.73. The summed E-state index contributed by atoms with van der Waals surface area (Å²) in [5, 5.41) is 14.2. The van der Waals surface area contributed by atoms with Crippen molar-refractivity contribution in [3.8, 4) is 6.07 Å². The monoisotopic (exact) mass is 408 g/mol. The number of halogens is 1. The molecular weight excluding hydrogens is 387 g/mol. The van der Waals surface area contributed by atoms with Crippen molar-refractivity contribution in [2.24, 2.45) is 0 Å². The summed E-state index contributed by atoms with van der Waals surface area (Å²) >= 11 is 0. The molecule has 1 aliphatic heterocycles. The van der Waals surface area contributed by atoms with E-state index in [1.54, 1.807) is 24.3 Å². The lowest BCUT2D eigenvalue weighted by Gasteiger charge is -2.27. The van der Waals surface area contributed by atoms with Crippen LogP contribution in [0, 0.1) is 17.1 Å². The van der Waals surface area contributed by atoms with Gasteiger partial charge in [-0.05, 0) is 48.4 Å². The van der Waals surface area contributed by atoms with Gasteiger partial charge in [0, 0.05) is 5.69 Å². The van der Waals surface area contributed by atoms with Crippen molar-refractivity contribution in [2.45, 2.75) is 31.7 Å². The SMILES string of the molecule is CCCC[C@]1(c2ccc(F)cc2)NC(=O)N(CC(=O)Nc2ccc(C#N)cc2)C1=O. The van der Waals surface area contributed by atoms with Crippen LogP contribution >= 0.6 is 0 Å². The number of nitriles is 1. The number of amides is 4. The van der Waals surface area contributed by atoms with E-state index in [4.69, 9.17) is 5.26 Å². The van der Waals surface area contributed by atoms with E-state index >= 15 is 0 Å². The van der Waals surface area contributed by atoms with E-state index in [0.717, 1.165) is 11.3 Å². The van der Waals surface area contributed by atoms with Crippen molar-refractivity contribution in [2.75, 3.05) is 11.9 Å². The highest BCUT2D eigenvalue weighted by Gasteiger charge is 2.52. The van der Waals surface area contributed by atoms with Gasteiger partial charge in [0.15, 0.2) is 0 Å². The van der Waals surface area contributed by atoms with Crippen LogP contribution in [0.2, 0.25) is 0 Å². The van der Waals surface area contributed by atoms with E-state index in [-0.39, 0.29) is 0 Å². The van der Waals surface area contributed by atoms with Crippen LogP contribution in [-0.4, -0.2) is 29.3 Å². The Kier molecular flexibility index (Phi) is 6.11. The Bertz CT molecular complexity index is 999. The van der Waals surface area contributed by atoms with Gasteiger partial charge in [0.05, 0.1) is 11.6 Å². The average molecular weight is 408 g/mol. The van der Waals surface area contributed by atoms with E-state index in [2.05, 4.69) is 10.6 Å². The number of urea groups is 1. The molecule has 154 valence electrons. The summed E-state index contributed by atoms with van der Waals surface area (Å²) in [6.07, 6.45) is 1.80. The molecule has 0 spiro atoms. The third-order valence-corrected chi connectivity index (χ3v) is 5.02. The van der Waals surface area contributed by atoms with Crippen molar-refractivity contribution < 1.29 is 18.8 Å². The average Bonchev–Trinajstić information content (AvgIpc) is 2.98. The summed E-state index contributed by atoms with van der Waals surface area (Å²) in [6, 6.07) is 13.0. The standard InChI is InChI=1S/C22H21FN4O3/c1-2-3-12-22(16-6-8-17(23)9-7-16)20(29)27(21(30)26-22)14-19(28)25-18-10-4-15(13-24)5-11-18/h4-11H,2-3,12,14H2,1H3,(H,25,28)(H,26,30)/t22-/m1/s1. The highest BCUT2D eigenvalue weighted by Crippen LogP contribution is 2.34. The number of imide groups is 1. The van der Waals surface area contributed by atoms with E-state index in [0.29, 0.717) is 29.7 Å². The van der Waals surface area contributed by atoms with E-state index < -0.39 is 35.7 Å². The van der Waals surface area contributed by atoms with Crippen LogP contribution in [-0.2, 0) is 15.1 Å². The number of unbranched alkanes of at least 4 members (excludes halogenated alkanes) is 1. The lowest BCUT2D eigenvalue weighted by molar-refractivity contribution is -0.134. The van der Waals surface area contributed by atoms with Crippen LogP contribution in [0.4, 0.5) is 14.9 Å². The zero-order chi connectivity index (χ0) is 21.7. The minimum Gasteiger partial charge on any atom is -0.325 e. The second-order valence-corrected chi connectivity index (χ2v) is 7.07. The molecule has 1 fully saturated rings. The highest BCUT2D eigenvalue weighted by molar-refractivity contribution is 6.10. The fourth-order valence-electron chi connectivity index (χ4n) is 3.43. The zero-order valence-corrected chi connectivity index (χ0v) is 16.4. The maximum atomic E-state index is 13.4. The lowest BCUT2D eigenvalue weighted by Crippen LogP contribution is -2.44. The van der Waals surface area contributed by atoms with Crippen molar-refractivity contribution >= 4 is 23.5 Å². The number of carbonyl (C=O) groups is 3. The second-order valence-electron chi connectivity index (χ2n) is 7.07. The molecule has 0 aliphatic carbocycles. The number of anilines is 1. The Labute approximate surface area is 173 Å². The zero-order valence-electron chi connectivity index (χ0n) is 16.4. The Balaban J connectivity index is 1.79. The predicted molar refractivity (Wildman–Crippen MR) is 108 cm³/mol. The smallest absolute Gasteiger partial charge is 0.325 e. The van der Waals surface area contributed by atoms with Gasteiger partial charge in [-0.1, -0.05) is 31.9 Å². The molecule has 2 aromatic rings. The number of hydrogen-bond acceptors (Lipinski definition) is 4. The molecule has 0 radical (unpaired) electrons. The lowest BCUT2D eigenvalue weighted by atomic mass is 9.85. The van der Waals surface area contributed by atoms with Gasteiger partial charge in [0.25, 0.3) is 5.91 Å². The first kappa shape index (κ1) is 21.0. The molecule has 1 aliphatic rings. The van der Waals surface area contributed by atoms with Gasteiger partial charge in [0.2, 0.25) is 5.91 Å². The predicted octanol–water partition coefficient (Wildman–Crippen LogP) is 3.27. The van der Waals surface area contributed by atoms with Gasteiger partial charge in [-0.15, -0.1) is 0 Å². The van der Waals surface area contributed by atoms with Crippen LogP contribution in [0.15, 0.2) is 48.5 Å². The van der Waals surface area contributed by atoms with Crippen LogP contribution in [0.3, 0.4) is 0 Å². The van der Waals surface area contributed by atoms with Crippen LogP contribution in [0.25, 0.3) is 0 Å². The molecule has 0 unspecified atom stereocenters. The minimum absolute atomic E-state index is 0.341. The largest absolute Gasteiger partial charge is 0.325 e. The molecule has 1 saturated heterocycles. The number of nitrogens with one attached hydrogen (secondary N) is 2. The van der Waals surface area contributed by atoms with Crippen LogP contribution in [0.5, 0.6) is 0 Å². The molecule has 0 bridgehead atoms. The van der Waals surface area contributed by atoms with Crippen molar-refractivity contribution in [1.29, 1.82) is 5.26 Å². The second kappa shape index (κ2) is 8.74. The van der Waals surface area contributed by atoms with Gasteiger partial charge >= 0.3 is 6.03 Å². The van der Waals surface area contributed by atoms with Gasteiger partial charge in [-0.25, -0.2) is 9.18 Å². The molecule has 2 aromatic carbocycles. The van der Waals surface area contributed by atoms with E-state index in [1.165, 1.54) is 24.3 Å². The number of carbonyl (C=O) groups excluding carboxylic acids is 3. The quantitative estimate of drug-likeness (QED) is 0.687. The molecule has 1 heterocycles. The fraction of sp³-hybridized carbons (Fsp3) is 0.273. The van der Waals surface area contributed by atoms with Crippen LogP contribution in [0.1, 0.15) is 37.3 Å². The molecule has 4 amide bonds. The normalized spacial score (nSPS) is 18.1. The van der Waals surface area contributed by atoms with E-state index in [1.807, 2.05) is 13.0 Å². The van der Waals surface area contributed by atoms with Crippen molar-refractivity contribution in [3.05, 3.63) is 65.5 Å². The summed E-state index contributed by atoms with van der Waals surface area (Å²) in [6.45, 7) is 1.50. The van der Waals surface area contributed by atoms with Gasteiger partial charge in [-0.2, -0.15) is 5.26 Å². The number of hydrogen-bond donors (Lipinski definition) is 2. The summed E-state index contributed by atoms with van der Waals surface area (Å²) in [4.78, 5) is 39.1. The molecule has 0 aromatic heterocycles. The summed E-state index contributed by atoms with van der Waals surface area (Å²) in [5.74, 6) is -1.53. The molecule has 7 nitrogen and oxygen atoms in total. The molecule has 2 N–H and O–H groups in total. The molecule has 3 rings (SSSR count). The first-order valence-corrected chi connectivity index (χ1v) is 9.60. The number of rotatable bonds is 7.